The average molecular weight is 540 g/mol. The molecule has 1 aromatic carbocycles. The number of carbonyl (C=O) groups is 1. The second-order valence-corrected chi connectivity index (χ2v) is 11.0. The van der Waals surface area contributed by atoms with Crippen molar-refractivity contribution in [2.75, 3.05) is 31.1 Å². The number of halogens is 5. The third-order valence-electron chi connectivity index (χ3n) is 7.79. The third kappa shape index (κ3) is 5.02. The fourth-order valence-corrected chi connectivity index (χ4v) is 6.30. The zero-order valence-corrected chi connectivity index (χ0v) is 21.2. The topological polar surface area (TPSA) is 61.8 Å². The summed E-state index contributed by atoms with van der Waals surface area (Å²) in [5.74, 6) is 0.250. The molecule has 1 amide bonds. The Kier molecular flexibility index (Phi) is 6.73. The highest BCUT2D eigenvalue weighted by Crippen LogP contribution is 2.58. The Labute approximate surface area is 217 Å². The molecule has 2 aromatic rings. The zero-order valence-electron chi connectivity index (χ0n) is 21.2. The second kappa shape index (κ2) is 9.62. The van der Waals surface area contributed by atoms with Crippen LogP contribution in [0.25, 0.3) is 0 Å². The van der Waals surface area contributed by atoms with Gasteiger partial charge in [-0.15, -0.1) is 0 Å². The number of nitrogens with zero attached hydrogens (tertiary/aromatic N) is 5. The lowest BCUT2D eigenvalue weighted by atomic mass is 9.55. The summed E-state index contributed by atoms with van der Waals surface area (Å²) in [4.78, 5) is 25.8. The highest BCUT2D eigenvalue weighted by molar-refractivity contribution is 5.70. The van der Waals surface area contributed by atoms with Gasteiger partial charge in [-0.2, -0.15) is 13.2 Å². The number of hydrogen-bond acceptors (Lipinski definition) is 6. The van der Waals surface area contributed by atoms with Crippen molar-refractivity contribution in [3.05, 3.63) is 54.0 Å². The van der Waals surface area contributed by atoms with E-state index in [1.54, 1.807) is 18.7 Å². The lowest BCUT2D eigenvalue weighted by molar-refractivity contribution is -0.243. The van der Waals surface area contributed by atoms with Crippen LogP contribution in [0.15, 0.2) is 42.7 Å². The first kappa shape index (κ1) is 26.6. The van der Waals surface area contributed by atoms with Gasteiger partial charge in [0.05, 0.1) is 24.5 Å². The number of piperazine rings is 1. The first-order chi connectivity index (χ1) is 17.9. The number of aromatic nitrogens is 2. The Morgan fingerprint density at radius 2 is 1.68 bits per heavy atom. The molecule has 1 spiro atoms. The summed E-state index contributed by atoms with van der Waals surface area (Å²) in [6.45, 7) is 6.12. The Morgan fingerprint density at radius 1 is 1.05 bits per heavy atom. The van der Waals surface area contributed by atoms with Crippen LogP contribution < -0.4 is 4.90 Å². The van der Waals surface area contributed by atoms with Crippen LogP contribution in [0, 0.1) is 5.41 Å². The van der Waals surface area contributed by atoms with Crippen LogP contribution in [0.1, 0.15) is 37.9 Å². The highest BCUT2D eigenvalue weighted by Gasteiger charge is 2.66. The van der Waals surface area contributed by atoms with E-state index in [1.807, 2.05) is 30.3 Å². The van der Waals surface area contributed by atoms with E-state index in [2.05, 4.69) is 14.9 Å². The van der Waals surface area contributed by atoms with Crippen molar-refractivity contribution in [1.82, 2.24) is 19.8 Å². The van der Waals surface area contributed by atoms with Gasteiger partial charge in [0.2, 0.25) is 0 Å². The summed E-state index contributed by atoms with van der Waals surface area (Å²) in [7, 11) is 0. The predicted molar refractivity (Wildman–Crippen MR) is 129 cm³/mol. The van der Waals surface area contributed by atoms with Gasteiger partial charge in [-0.25, -0.2) is 23.5 Å². The van der Waals surface area contributed by atoms with Crippen molar-refractivity contribution in [3.63, 3.8) is 0 Å². The normalized spacial score (nSPS) is 24.7. The van der Waals surface area contributed by atoms with Crippen molar-refractivity contribution in [2.24, 2.45) is 5.41 Å². The molecule has 2 aliphatic heterocycles. The average Bonchev–Trinajstić information content (AvgIpc) is 2.80. The van der Waals surface area contributed by atoms with E-state index >= 15 is 0 Å². The van der Waals surface area contributed by atoms with Gasteiger partial charge in [0.15, 0.2) is 11.3 Å². The maximum atomic E-state index is 14.2. The molecule has 3 heterocycles. The van der Waals surface area contributed by atoms with Crippen LogP contribution in [-0.4, -0.2) is 76.2 Å². The molecule has 38 heavy (non-hydrogen) atoms. The molecule has 5 rings (SSSR count). The minimum Gasteiger partial charge on any atom is -0.437 e. The number of amides is 1. The first-order valence-corrected chi connectivity index (χ1v) is 12.6. The van der Waals surface area contributed by atoms with E-state index in [1.165, 1.54) is 4.90 Å². The van der Waals surface area contributed by atoms with E-state index in [4.69, 9.17) is 4.74 Å². The maximum absolute atomic E-state index is 14.2. The smallest absolute Gasteiger partial charge is 0.434 e. The molecule has 1 aliphatic carbocycles. The molecule has 0 bridgehead atoms. The fourth-order valence-electron chi connectivity index (χ4n) is 6.30. The summed E-state index contributed by atoms with van der Waals surface area (Å²) < 4.78 is 72.3. The Hall–Kier alpha value is -3.02. The molecular formula is C26H30F5N5O2. The predicted octanol–water partition coefficient (Wildman–Crippen LogP) is 4.83. The summed E-state index contributed by atoms with van der Waals surface area (Å²) in [6.07, 6.45) is -6.21. The summed E-state index contributed by atoms with van der Waals surface area (Å²) >= 11 is 0. The minimum atomic E-state index is -4.59. The van der Waals surface area contributed by atoms with Crippen molar-refractivity contribution < 1.29 is 31.5 Å². The largest absolute Gasteiger partial charge is 0.437 e. The molecule has 0 radical (unpaired) electrons. The lowest BCUT2D eigenvalue weighted by Crippen LogP contribution is -2.71. The van der Waals surface area contributed by atoms with Gasteiger partial charge in [0.1, 0.15) is 5.82 Å². The van der Waals surface area contributed by atoms with Gasteiger partial charge in [-0.1, -0.05) is 30.3 Å². The SMILES string of the molecule is C[C@@H]1CN(c2cnc(C(F)(F)F)cn2)C[C@@H](C)N1C(=O)OC1(C(F)F)CC2(CN(Cc3ccccc3)C2)C1. The van der Waals surface area contributed by atoms with E-state index in [-0.39, 0.29) is 37.2 Å². The highest BCUT2D eigenvalue weighted by atomic mass is 19.4. The monoisotopic (exact) mass is 539 g/mol. The Bertz CT molecular complexity index is 1120. The zero-order chi connectivity index (χ0) is 27.3. The molecule has 0 N–H and O–H groups in total. The summed E-state index contributed by atoms with van der Waals surface area (Å²) in [5.41, 5.74) is -1.99. The van der Waals surface area contributed by atoms with Gasteiger partial charge in [0.25, 0.3) is 6.43 Å². The molecule has 7 nitrogen and oxygen atoms in total. The molecule has 1 aromatic heterocycles. The number of rotatable bonds is 5. The van der Waals surface area contributed by atoms with E-state index in [9.17, 15) is 26.7 Å². The molecule has 2 atom stereocenters. The van der Waals surface area contributed by atoms with Crippen LogP contribution in [0.3, 0.4) is 0 Å². The molecule has 12 heteroatoms. The van der Waals surface area contributed by atoms with Crippen molar-refractivity contribution >= 4 is 11.9 Å². The van der Waals surface area contributed by atoms with Crippen molar-refractivity contribution in [2.45, 2.75) is 63.5 Å². The van der Waals surface area contributed by atoms with Crippen LogP contribution >= 0.6 is 0 Å². The molecule has 2 saturated heterocycles. The van der Waals surface area contributed by atoms with Gasteiger partial charge in [-0.05, 0) is 19.4 Å². The molecule has 1 saturated carbocycles. The van der Waals surface area contributed by atoms with Crippen LogP contribution in [0.2, 0.25) is 0 Å². The van der Waals surface area contributed by atoms with Crippen LogP contribution in [0.5, 0.6) is 0 Å². The van der Waals surface area contributed by atoms with Gasteiger partial charge in [-0.3, -0.25) is 9.80 Å². The molecule has 206 valence electrons. The molecular weight excluding hydrogens is 509 g/mol. The fraction of sp³-hybridized carbons (Fsp3) is 0.577. The van der Waals surface area contributed by atoms with Gasteiger partial charge < -0.3 is 9.64 Å². The van der Waals surface area contributed by atoms with Gasteiger partial charge in [0, 0.05) is 51.0 Å². The Balaban J connectivity index is 1.18. The third-order valence-corrected chi connectivity index (χ3v) is 7.79. The molecule has 3 aliphatic rings. The van der Waals surface area contributed by atoms with Crippen molar-refractivity contribution in [3.8, 4) is 0 Å². The van der Waals surface area contributed by atoms with E-state index in [0.29, 0.717) is 19.3 Å². The molecule has 0 unspecified atom stereocenters. The second-order valence-electron chi connectivity index (χ2n) is 11.0. The first-order valence-electron chi connectivity index (χ1n) is 12.6. The quantitative estimate of drug-likeness (QED) is 0.508. The van der Waals surface area contributed by atoms with Crippen LogP contribution in [-0.2, 0) is 17.5 Å². The van der Waals surface area contributed by atoms with E-state index < -0.39 is 42.1 Å². The number of alkyl halides is 5. The Morgan fingerprint density at radius 3 is 2.21 bits per heavy atom. The number of anilines is 1. The summed E-state index contributed by atoms with van der Waals surface area (Å²) in [5, 5.41) is 0. The number of likely N-dealkylation sites (tertiary alicyclic amines) is 1. The number of hydrogen-bond donors (Lipinski definition) is 0. The van der Waals surface area contributed by atoms with Crippen molar-refractivity contribution in [1.29, 1.82) is 0 Å². The van der Waals surface area contributed by atoms with Gasteiger partial charge >= 0.3 is 12.3 Å². The maximum Gasteiger partial charge on any atom is 0.434 e. The minimum absolute atomic E-state index is 0.124. The lowest BCUT2D eigenvalue weighted by Gasteiger charge is -2.63. The molecule has 3 fully saturated rings. The number of ether oxygens (including phenoxy) is 1. The number of carbonyl (C=O) groups excluding carboxylic acids is 1. The number of benzene rings is 1. The van der Waals surface area contributed by atoms with E-state index in [0.717, 1.165) is 18.3 Å². The summed E-state index contributed by atoms with van der Waals surface area (Å²) in [6, 6.07) is 9.06. The standard InChI is InChI=1S/C26H30F5N5O2/c1-17-10-35(21-9-32-20(8-33-21)26(29,30)31)11-18(2)36(17)23(37)38-25(22(27)28)13-24(14-25)15-34(16-24)12-19-6-4-3-5-7-19/h3-9,17-18,22H,10-16H2,1-2H3/t17-,18-/m1/s1. The van der Waals surface area contributed by atoms with Crippen LogP contribution in [0.4, 0.5) is 32.6 Å².